The number of imide groups is 1. The largest absolute Gasteiger partial charge is 0.493 e. The molecule has 0 aliphatic carbocycles. The molecular formula is C21H19BrN2O4. The molecule has 2 aromatic carbocycles. The summed E-state index contributed by atoms with van der Waals surface area (Å²) in [5.74, 6) is 0.685. The summed E-state index contributed by atoms with van der Waals surface area (Å²) >= 11 is 3.42. The number of amides is 3. The van der Waals surface area contributed by atoms with Gasteiger partial charge in [0, 0.05) is 10.0 Å². The van der Waals surface area contributed by atoms with E-state index in [1.165, 1.54) is 0 Å². The lowest BCUT2D eigenvalue weighted by atomic mass is 10.0. The minimum Gasteiger partial charge on any atom is -0.493 e. The van der Waals surface area contributed by atoms with Crippen molar-refractivity contribution in [3.05, 3.63) is 75.9 Å². The SMILES string of the molecule is C=CCc1cc(/C=C2/NC(=O)NC2=O)cc(OC)c1OCc1ccc(Br)cc1. The van der Waals surface area contributed by atoms with Crippen LogP contribution in [0.2, 0.25) is 0 Å². The van der Waals surface area contributed by atoms with Crippen LogP contribution >= 0.6 is 15.9 Å². The highest BCUT2D eigenvalue weighted by molar-refractivity contribution is 9.10. The zero-order valence-electron chi connectivity index (χ0n) is 15.3. The molecule has 6 nitrogen and oxygen atoms in total. The molecule has 1 aliphatic heterocycles. The maximum Gasteiger partial charge on any atom is 0.326 e. The van der Waals surface area contributed by atoms with Crippen LogP contribution in [0.3, 0.4) is 0 Å². The third kappa shape index (κ3) is 4.61. The third-order valence-corrected chi connectivity index (χ3v) is 4.59. The molecule has 28 heavy (non-hydrogen) atoms. The van der Waals surface area contributed by atoms with E-state index in [0.29, 0.717) is 30.1 Å². The molecule has 0 atom stereocenters. The van der Waals surface area contributed by atoms with E-state index in [2.05, 4.69) is 33.1 Å². The van der Waals surface area contributed by atoms with E-state index in [1.54, 1.807) is 25.3 Å². The van der Waals surface area contributed by atoms with Crippen LogP contribution in [0.25, 0.3) is 6.08 Å². The van der Waals surface area contributed by atoms with Crippen LogP contribution in [0.4, 0.5) is 4.79 Å². The van der Waals surface area contributed by atoms with Gasteiger partial charge in [-0.3, -0.25) is 10.1 Å². The van der Waals surface area contributed by atoms with Gasteiger partial charge in [-0.1, -0.05) is 34.1 Å². The van der Waals surface area contributed by atoms with Crippen LogP contribution < -0.4 is 20.1 Å². The van der Waals surface area contributed by atoms with Crippen molar-refractivity contribution < 1.29 is 19.1 Å². The van der Waals surface area contributed by atoms with Crippen LogP contribution in [-0.4, -0.2) is 19.0 Å². The molecular weight excluding hydrogens is 424 g/mol. The van der Waals surface area contributed by atoms with Crippen LogP contribution in [-0.2, 0) is 17.8 Å². The molecule has 3 rings (SSSR count). The van der Waals surface area contributed by atoms with Gasteiger partial charge in [0.05, 0.1) is 7.11 Å². The van der Waals surface area contributed by atoms with Crippen molar-refractivity contribution in [1.29, 1.82) is 0 Å². The normalized spacial score (nSPS) is 14.6. The summed E-state index contributed by atoms with van der Waals surface area (Å²) in [5, 5.41) is 4.65. The maximum absolute atomic E-state index is 11.8. The van der Waals surface area contributed by atoms with Crippen molar-refractivity contribution in [1.82, 2.24) is 10.6 Å². The zero-order chi connectivity index (χ0) is 20.1. The van der Waals surface area contributed by atoms with Crippen LogP contribution in [0, 0.1) is 0 Å². The fourth-order valence-electron chi connectivity index (χ4n) is 2.77. The van der Waals surface area contributed by atoms with Gasteiger partial charge >= 0.3 is 6.03 Å². The van der Waals surface area contributed by atoms with E-state index in [1.807, 2.05) is 30.3 Å². The molecule has 0 aromatic heterocycles. The highest BCUT2D eigenvalue weighted by Gasteiger charge is 2.23. The second-order valence-electron chi connectivity index (χ2n) is 6.09. The lowest BCUT2D eigenvalue weighted by molar-refractivity contribution is -0.115. The van der Waals surface area contributed by atoms with Crippen molar-refractivity contribution in [2.45, 2.75) is 13.0 Å². The molecule has 0 spiro atoms. The van der Waals surface area contributed by atoms with Crippen LogP contribution in [0.1, 0.15) is 16.7 Å². The number of rotatable bonds is 7. The average molecular weight is 443 g/mol. The highest BCUT2D eigenvalue weighted by Crippen LogP contribution is 2.35. The number of hydrogen-bond donors (Lipinski definition) is 2. The molecule has 1 saturated heterocycles. The molecule has 0 unspecified atom stereocenters. The van der Waals surface area contributed by atoms with Gasteiger partial charge in [-0.15, -0.1) is 6.58 Å². The first-order chi connectivity index (χ1) is 13.5. The lowest BCUT2D eigenvalue weighted by Gasteiger charge is -2.16. The number of allylic oxidation sites excluding steroid dienone is 1. The summed E-state index contributed by atoms with van der Waals surface area (Å²) in [7, 11) is 1.56. The number of nitrogens with one attached hydrogen (secondary N) is 2. The standard InChI is InChI=1S/C21H19BrN2O4/c1-3-4-15-9-14(10-17-20(25)24-21(26)23-17)11-18(27-2)19(15)28-12-13-5-7-16(22)8-6-13/h3,5-11H,1,4,12H2,2H3,(H2,23,24,25,26)/b17-10+. The van der Waals surface area contributed by atoms with Gasteiger partial charge in [0.1, 0.15) is 12.3 Å². The number of halogens is 1. The van der Waals surface area contributed by atoms with Crippen LogP contribution in [0.15, 0.2) is 59.2 Å². The van der Waals surface area contributed by atoms with Gasteiger partial charge in [-0.2, -0.15) is 0 Å². The second-order valence-corrected chi connectivity index (χ2v) is 7.00. The predicted octanol–water partition coefficient (Wildman–Crippen LogP) is 3.95. The molecule has 1 fully saturated rings. The molecule has 2 N–H and O–H groups in total. The first-order valence-electron chi connectivity index (χ1n) is 8.53. The number of urea groups is 1. The molecule has 2 aromatic rings. The molecule has 144 valence electrons. The summed E-state index contributed by atoms with van der Waals surface area (Å²) < 4.78 is 12.6. The average Bonchev–Trinajstić information content (AvgIpc) is 2.99. The molecule has 1 heterocycles. The highest BCUT2D eigenvalue weighted by atomic mass is 79.9. The predicted molar refractivity (Wildman–Crippen MR) is 110 cm³/mol. The van der Waals surface area contributed by atoms with Crippen molar-refractivity contribution in [3.63, 3.8) is 0 Å². The number of carbonyl (C=O) groups excluding carboxylic acids is 2. The number of ether oxygens (including phenoxy) is 2. The number of hydrogen-bond acceptors (Lipinski definition) is 4. The Labute approximate surface area is 171 Å². The Morgan fingerprint density at radius 2 is 1.89 bits per heavy atom. The number of benzene rings is 2. The maximum atomic E-state index is 11.8. The monoisotopic (exact) mass is 442 g/mol. The van der Waals surface area contributed by atoms with Crippen molar-refractivity contribution in [2.24, 2.45) is 0 Å². The van der Waals surface area contributed by atoms with Crippen molar-refractivity contribution >= 4 is 33.9 Å². The van der Waals surface area contributed by atoms with E-state index < -0.39 is 11.9 Å². The minimum absolute atomic E-state index is 0.181. The Morgan fingerprint density at radius 3 is 2.50 bits per heavy atom. The molecule has 7 heteroatoms. The van der Waals surface area contributed by atoms with Gasteiger partial charge in [0.2, 0.25) is 0 Å². The minimum atomic E-state index is -0.538. The Balaban J connectivity index is 1.91. The van der Waals surface area contributed by atoms with E-state index in [9.17, 15) is 9.59 Å². The quantitative estimate of drug-likeness (QED) is 0.386. The van der Waals surface area contributed by atoms with E-state index in [4.69, 9.17) is 9.47 Å². The van der Waals surface area contributed by atoms with Gasteiger partial charge in [0.15, 0.2) is 11.5 Å². The summed E-state index contributed by atoms with van der Waals surface area (Å²) in [4.78, 5) is 23.1. The Bertz CT molecular complexity index is 952. The lowest BCUT2D eigenvalue weighted by Crippen LogP contribution is -2.22. The topological polar surface area (TPSA) is 76.7 Å². The van der Waals surface area contributed by atoms with E-state index in [-0.39, 0.29) is 5.70 Å². The zero-order valence-corrected chi connectivity index (χ0v) is 16.8. The Kier molecular flexibility index (Phi) is 6.16. The third-order valence-electron chi connectivity index (χ3n) is 4.07. The van der Waals surface area contributed by atoms with Crippen molar-refractivity contribution in [2.75, 3.05) is 7.11 Å². The Morgan fingerprint density at radius 1 is 1.14 bits per heavy atom. The summed E-state index contributed by atoms with van der Waals surface area (Å²) in [6, 6.07) is 11.0. The van der Waals surface area contributed by atoms with Gasteiger partial charge < -0.3 is 14.8 Å². The second kappa shape index (κ2) is 8.75. The van der Waals surface area contributed by atoms with Gasteiger partial charge in [-0.05, 0) is 47.9 Å². The smallest absolute Gasteiger partial charge is 0.326 e. The Hall–Kier alpha value is -3.06. The summed E-state index contributed by atoms with van der Waals surface area (Å²) in [6.07, 6.45) is 3.91. The first-order valence-corrected chi connectivity index (χ1v) is 9.32. The fraction of sp³-hybridized carbons (Fsp3) is 0.143. The first kappa shape index (κ1) is 19.7. The summed E-state index contributed by atoms with van der Waals surface area (Å²) in [5.41, 5.74) is 2.77. The van der Waals surface area contributed by atoms with Gasteiger partial charge in [0.25, 0.3) is 5.91 Å². The summed E-state index contributed by atoms with van der Waals surface area (Å²) in [6.45, 7) is 4.18. The van der Waals surface area contributed by atoms with E-state index >= 15 is 0 Å². The fourth-order valence-corrected chi connectivity index (χ4v) is 3.04. The van der Waals surface area contributed by atoms with Crippen molar-refractivity contribution in [3.8, 4) is 11.5 Å². The van der Waals surface area contributed by atoms with E-state index in [0.717, 1.165) is 15.6 Å². The molecule has 0 saturated carbocycles. The molecule has 0 radical (unpaired) electrons. The molecule has 0 bridgehead atoms. The number of methoxy groups -OCH3 is 1. The van der Waals surface area contributed by atoms with Crippen LogP contribution in [0.5, 0.6) is 11.5 Å². The number of carbonyl (C=O) groups is 2. The molecule has 1 aliphatic rings. The van der Waals surface area contributed by atoms with Gasteiger partial charge in [-0.25, -0.2) is 4.79 Å². The molecule has 3 amide bonds.